The van der Waals surface area contributed by atoms with E-state index < -0.39 is 0 Å². The lowest BCUT2D eigenvalue weighted by Gasteiger charge is -2.22. The van der Waals surface area contributed by atoms with E-state index in [4.69, 9.17) is 15.0 Å². The predicted octanol–water partition coefficient (Wildman–Crippen LogP) is 5.94. The molecule has 0 spiro atoms. The molecule has 0 amide bonds. The van der Waals surface area contributed by atoms with Crippen molar-refractivity contribution in [3.63, 3.8) is 0 Å². The summed E-state index contributed by atoms with van der Waals surface area (Å²) in [6.45, 7) is 11.1. The summed E-state index contributed by atoms with van der Waals surface area (Å²) in [5, 5.41) is 1.32. The second kappa shape index (κ2) is 8.32. The first kappa shape index (κ1) is 19.6. The topological polar surface area (TPSA) is 41.9 Å². The quantitative estimate of drug-likeness (QED) is 0.495. The number of pyridine rings is 1. The van der Waals surface area contributed by atoms with Gasteiger partial charge in [0.1, 0.15) is 17.0 Å². The van der Waals surface area contributed by atoms with Crippen LogP contribution in [0.5, 0.6) is 0 Å². The monoisotopic (exact) mass is 396 g/mol. The molecule has 0 radical (unpaired) electrons. The molecule has 3 heterocycles. The fourth-order valence-electron chi connectivity index (χ4n) is 4.57. The molecule has 4 rings (SSSR count). The van der Waals surface area contributed by atoms with Gasteiger partial charge >= 0.3 is 0 Å². The minimum absolute atomic E-state index is 0.630. The van der Waals surface area contributed by atoms with E-state index in [1.807, 2.05) is 0 Å². The van der Waals surface area contributed by atoms with Crippen molar-refractivity contribution < 1.29 is 0 Å². The van der Waals surface area contributed by atoms with Crippen LogP contribution >= 0.6 is 11.3 Å². The lowest BCUT2D eigenvalue weighted by atomic mass is 9.87. The molecule has 0 atom stereocenters. The zero-order chi connectivity index (χ0) is 19.7. The summed E-state index contributed by atoms with van der Waals surface area (Å²) in [6, 6.07) is 0. The molecule has 0 bridgehead atoms. The van der Waals surface area contributed by atoms with Crippen LogP contribution in [0.1, 0.15) is 70.2 Å². The third-order valence-corrected chi connectivity index (χ3v) is 6.75. The van der Waals surface area contributed by atoms with Gasteiger partial charge in [-0.1, -0.05) is 27.7 Å². The molecule has 5 heteroatoms. The highest BCUT2D eigenvalue weighted by Crippen LogP contribution is 2.41. The van der Waals surface area contributed by atoms with Crippen molar-refractivity contribution in [3.8, 4) is 0 Å². The molecule has 0 unspecified atom stereocenters. The van der Waals surface area contributed by atoms with Crippen LogP contribution in [-0.4, -0.2) is 28.0 Å². The van der Waals surface area contributed by atoms with Gasteiger partial charge in [0.05, 0.1) is 10.2 Å². The van der Waals surface area contributed by atoms with E-state index in [0.29, 0.717) is 5.92 Å². The molecule has 28 heavy (non-hydrogen) atoms. The number of thiophene rings is 1. The summed E-state index contributed by atoms with van der Waals surface area (Å²) >= 11 is 1.80. The average molecular weight is 397 g/mol. The highest BCUT2D eigenvalue weighted by Gasteiger charge is 2.24. The van der Waals surface area contributed by atoms with Gasteiger partial charge in [-0.25, -0.2) is 15.0 Å². The summed E-state index contributed by atoms with van der Waals surface area (Å²) in [5.74, 6) is 1.73. The van der Waals surface area contributed by atoms with Crippen LogP contribution in [0.4, 0.5) is 5.82 Å². The Hall–Kier alpha value is -1.75. The van der Waals surface area contributed by atoms with Gasteiger partial charge in [-0.3, -0.25) is 0 Å². The molecular weight excluding hydrogens is 364 g/mol. The molecular formula is C23H32N4S. The zero-order valence-corrected chi connectivity index (χ0v) is 18.5. The zero-order valence-electron chi connectivity index (χ0n) is 17.7. The number of aromatic nitrogens is 3. The van der Waals surface area contributed by atoms with Crippen LogP contribution in [-0.2, 0) is 19.3 Å². The normalized spacial score (nSPS) is 14.2. The fraction of sp³-hybridized carbons (Fsp3) is 0.609. The van der Waals surface area contributed by atoms with Crippen LogP contribution < -0.4 is 4.90 Å². The van der Waals surface area contributed by atoms with Crippen molar-refractivity contribution in [2.75, 3.05) is 18.0 Å². The highest BCUT2D eigenvalue weighted by molar-refractivity contribution is 7.26. The Bertz CT molecular complexity index is 970. The number of anilines is 1. The van der Waals surface area contributed by atoms with Gasteiger partial charge in [0, 0.05) is 24.2 Å². The lowest BCUT2D eigenvalue weighted by molar-refractivity contribution is 0.615. The van der Waals surface area contributed by atoms with Gasteiger partial charge in [0.25, 0.3) is 0 Å². The maximum Gasteiger partial charge on any atom is 0.150 e. The Balaban J connectivity index is 1.96. The van der Waals surface area contributed by atoms with E-state index in [0.717, 1.165) is 50.1 Å². The Kier molecular flexibility index (Phi) is 5.81. The molecule has 1 aliphatic rings. The molecule has 4 nitrogen and oxygen atoms in total. The third-order valence-electron chi connectivity index (χ3n) is 5.68. The van der Waals surface area contributed by atoms with Crippen LogP contribution in [0.3, 0.4) is 0 Å². The minimum atomic E-state index is 0.630. The number of aryl methyl sites for hydroxylation is 1. The first-order valence-electron chi connectivity index (χ1n) is 11.0. The Labute approximate surface area is 172 Å². The Morgan fingerprint density at radius 1 is 1.04 bits per heavy atom. The van der Waals surface area contributed by atoms with Gasteiger partial charge in [0.2, 0.25) is 0 Å². The Morgan fingerprint density at radius 3 is 2.43 bits per heavy atom. The molecule has 1 aliphatic carbocycles. The van der Waals surface area contributed by atoms with Crippen molar-refractivity contribution in [2.45, 2.75) is 72.6 Å². The average Bonchev–Trinajstić information content (AvgIpc) is 3.06. The third kappa shape index (κ3) is 3.49. The van der Waals surface area contributed by atoms with Gasteiger partial charge < -0.3 is 4.90 Å². The van der Waals surface area contributed by atoms with Crippen molar-refractivity contribution in [3.05, 3.63) is 23.1 Å². The molecule has 3 aromatic rings. The summed E-state index contributed by atoms with van der Waals surface area (Å²) in [7, 11) is 0. The second-order valence-corrected chi connectivity index (χ2v) is 9.46. The SMILES string of the molecule is CCCN(CCC)c1ncnc2c1sc1nc(CC(C)C)c3c(c12)CCCC3. The van der Waals surface area contributed by atoms with Gasteiger partial charge in [-0.15, -0.1) is 11.3 Å². The molecule has 0 fully saturated rings. The van der Waals surface area contributed by atoms with Crippen LogP contribution in [0.15, 0.2) is 6.33 Å². The van der Waals surface area contributed by atoms with Crippen LogP contribution in [0.2, 0.25) is 0 Å². The van der Waals surface area contributed by atoms with Crippen LogP contribution in [0.25, 0.3) is 20.4 Å². The maximum absolute atomic E-state index is 5.19. The molecule has 3 aromatic heterocycles. The van der Waals surface area contributed by atoms with Crippen LogP contribution in [0, 0.1) is 5.92 Å². The molecule has 0 N–H and O–H groups in total. The lowest BCUT2D eigenvalue weighted by Crippen LogP contribution is -2.25. The molecule has 150 valence electrons. The van der Waals surface area contributed by atoms with E-state index >= 15 is 0 Å². The molecule has 0 saturated heterocycles. The minimum Gasteiger partial charge on any atom is -0.355 e. The number of rotatable bonds is 7. The molecule has 0 saturated carbocycles. The maximum atomic E-state index is 5.19. The van der Waals surface area contributed by atoms with E-state index in [9.17, 15) is 0 Å². The summed E-state index contributed by atoms with van der Waals surface area (Å²) < 4.78 is 1.22. The van der Waals surface area contributed by atoms with Gasteiger partial charge in [-0.2, -0.15) is 0 Å². The predicted molar refractivity (Wildman–Crippen MR) is 121 cm³/mol. The number of nitrogens with zero attached hydrogens (tertiary/aromatic N) is 4. The van der Waals surface area contributed by atoms with Crippen molar-refractivity contribution >= 4 is 37.6 Å². The van der Waals surface area contributed by atoms with Crippen molar-refractivity contribution in [1.82, 2.24) is 15.0 Å². The van der Waals surface area contributed by atoms with Crippen molar-refractivity contribution in [1.29, 1.82) is 0 Å². The Morgan fingerprint density at radius 2 is 1.75 bits per heavy atom. The van der Waals surface area contributed by atoms with E-state index in [1.54, 1.807) is 17.7 Å². The summed E-state index contributed by atoms with van der Waals surface area (Å²) in [6.07, 6.45) is 9.99. The second-order valence-electron chi connectivity index (χ2n) is 8.46. The number of hydrogen-bond donors (Lipinski definition) is 0. The van der Waals surface area contributed by atoms with E-state index in [1.165, 1.54) is 51.0 Å². The summed E-state index contributed by atoms with van der Waals surface area (Å²) in [4.78, 5) is 18.3. The highest BCUT2D eigenvalue weighted by atomic mass is 32.1. The largest absolute Gasteiger partial charge is 0.355 e. The standard InChI is InChI=1S/C23H32N4S/c1-5-11-27(12-6-2)22-21-20(24-14-25-22)19-17-10-8-7-9-16(17)18(13-15(3)4)26-23(19)28-21/h14-15H,5-13H2,1-4H3. The van der Waals surface area contributed by atoms with Crippen molar-refractivity contribution in [2.24, 2.45) is 5.92 Å². The van der Waals surface area contributed by atoms with E-state index in [-0.39, 0.29) is 0 Å². The summed E-state index contributed by atoms with van der Waals surface area (Å²) in [5.41, 5.74) is 5.51. The smallest absolute Gasteiger partial charge is 0.150 e. The molecule has 0 aromatic carbocycles. The van der Waals surface area contributed by atoms with E-state index in [2.05, 4.69) is 32.6 Å². The first-order valence-corrected chi connectivity index (χ1v) is 11.8. The number of hydrogen-bond acceptors (Lipinski definition) is 5. The van der Waals surface area contributed by atoms with Gasteiger partial charge in [0.15, 0.2) is 0 Å². The van der Waals surface area contributed by atoms with Gasteiger partial charge in [-0.05, 0) is 62.0 Å². The fourth-order valence-corrected chi connectivity index (χ4v) is 5.77. The number of fused-ring (bicyclic) bond motifs is 5. The first-order chi connectivity index (χ1) is 13.6. The molecule has 0 aliphatic heterocycles.